The van der Waals surface area contributed by atoms with Gasteiger partial charge in [0.1, 0.15) is 6.61 Å². The van der Waals surface area contributed by atoms with Crippen LogP contribution in [0, 0.1) is 0 Å². The van der Waals surface area contributed by atoms with Crippen LogP contribution in [0.25, 0.3) is 5.57 Å². The van der Waals surface area contributed by atoms with Crippen molar-refractivity contribution in [2.75, 3.05) is 13.2 Å². The quantitative estimate of drug-likeness (QED) is 0.431. The Balaban J connectivity index is 2.08. The molecule has 1 fully saturated rings. The van der Waals surface area contributed by atoms with Gasteiger partial charge in [-0.2, -0.15) is 0 Å². The minimum atomic E-state index is -0.294. The van der Waals surface area contributed by atoms with E-state index in [0.29, 0.717) is 19.6 Å². The first-order valence-electron chi connectivity index (χ1n) is 7.96. The van der Waals surface area contributed by atoms with Gasteiger partial charge in [-0.3, -0.25) is 4.90 Å². The zero-order chi connectivity index (χ0) is 17.6. The summed E-state index contributed by atoms with van der Waals surface area (Å²) in [6.07, 6.45) is 2.25. The Morgan fingerprint density at radius 2 is 1.92 bits per heavy atom. The maximum atomic E-state index is 12.2. The fourth-order valence-electron chi connectivity index (χ4n) is 2.58. The summed E-state index contributed by atoms with van der Waals surface area (Å²) in [6.45, 7) is 4.87. The highest BCUT2D eigenvalue weighted by Crippen LogP contribution is 2.38. The van der Waals surface area contributed by atoms with Gasteiger partial charge < -0.3 is 4.74 Å². The molecule has 2 aromatic carbocycles. The number of carbonyl (C=O) groups excluding carboxylic acids is 1. The molecule has 0 atom stereocenters. The molecule has 2 aromatic rings. The summed E-state index contributed by atoms with van der Waals surface area (Å²) in [4.78, 5) is 15.0. The van der Waals surface area contributed by atoms with Gasteiger partial charge in [-0.05, 0) is 41.8 Å². The predicted octanol–water partition coefficient (Wildman–Crippen LogP) is 5.94. The van der Waals surface area contributed by atoms with Crippen LogP contribution in [-0.2, 0) is 4.74 Å². The zero-order valence-electron chi connectivity index (χ0n) is 13.7. The van der Waals surface area contributed by atoms with Crippen LogP contribution in [0.2, 0.25) is 0 Å². The third kappa shape index (κ3) is 4.35. The Labute approximate surface area is 160 Å². The van der Waals surface area contributed by atoms with Gasteiger partial charge in [-0.25, -0.2) is 4.79 Å². The Hall–Kier alpha value is -1.98. The number of cyclic esters (lactones) is 1. The number of hydrogen-bond acceptors (Lipinski definition) is 3. The molecule has 0 bridgehead atoms. The summed E-state index contributed by atoms with van der Waals surface area (Å²) in [7, 11) is 0. The van der Waals surface area contributed by atoms with Gasteiger partial charge in [0.25, 0.3) is 0 Å². The van der Waals surface area contributed by atoms with Crippen LogP contribution in [-0.4, -0.2) is 24.1 Å². The summed E-state index contributed by atoms with van der Waals surface area (Å²) < 4.78 is 6.20. The van der Waals surface area contributed by atoms with E-state index in [1.165, 1.54) is 0 Å². The van der Waals surface area contributed by atoms with Crippen LogP contribution in [0.1, 0.15) is 12.0 Å². The summed E-state index contributed by atoms with van der Waals surface area (Å²) in [5.41, 5.74) is 2.16. The van der Waals surface area contributed by atoms with Crippen molar-refractivity contribution in [1.29, 1.82) is 0 Å². The van der Waals surface area contributed by atoms with E-state index in [4.69, 9.17) is 4.74 Å². The number of amides is 1. The fraction of sp³-hybridized carbons (Fsp3) is 0.150. The number of benzene rings is 2. The molecule has 0 spiro atoms. The molecule has 0 radical (unpaired) electrons. The van der Waals surface area contributed by atoms with Gasteiger partial charge in [0.2, 0.25) is 0 Å². The van der Waals surface area contributed by atoms with Gasteiger partial charge in [-0.15, -0.1) is 6.58 Å². The Bertz CT molecular complexity index is 787. The van der Waals surface area contributed by atoms with E-state index in [1.54, 1.807) is 16.7 Å². The molecular weight excluding hydrogens is 398 g/mol. The molecule has 0 N–H and O–H groups in total. The van der Waals surface area contributed by atoms with Crippen LogP contribution in [0.5, 0.6) is 0 Å². The first-order valence-corrected chi connectivity index (χ1v) is 9.57. The third-order valence-corrected chi connectivity index (χ3v) is 5.46. The number of allylic oxidation sites excluding steroid dienone is 2. The maximum absolute atomic E-state index is 12.2. The van der Waals surface area contributed by atoms with Crippen molar-refractivity contribution in [2.45, 2.75) is 11.3 Å². The van der Waals surface area contributed by atoms with Crippen molar-refractivity contribution >= 4 is 39.4 Å². The molecule has 1 aliphatic heterocycles. The van der Waals surface area contributed by atoms with Gasteiger partial charge in [-0.1, -0.05) is 64.1 Å². The highest BCUT2D eigenvalue weighted by molar-refractivity contribution is 9.10. The third-order valence-electron chi connectivity index (χ3n) is 3.76. The van der Waals surface area contributed by atoms with E-state index >= 15 is 0 Å². The number of carbonyl (C=O) groups is 1. The van der Waals surface area contributed by atoms with E-state index in [9.17, 15) is 4.79 Å². The monoisotopic (exact) mass is 415 g/mol. The normalized spacial score (nSPS) is 14.9. The molecule has 1 amide bonds. The van der Waals surface area contributed by atoms with E-state index in [0.717, 1.165) is 25.5 Å². The van der Waals surface area contributed by atoms with Crippen molar-refractivity contribution in [3.8, 4) is 0 Å². The number of nitrogens with zero attached hydrogens (tertiary/aromatic N) is 1. The Morgan fingerprint density at radius 3 is 2.52 bits per heavy atom. The molecular formula is C20H18BrNO2S. The molecule has 3 nitrogen and oxygen atoms in total. The lowest BCUT2D eigenvalue weighted by molar-refractivity contribution is 0.165. The number of hydrogen-bond donors (Lipinski definition) is 0. The molecule has 128 valence electrons. The molecule has 0 aliphatic carbocycles. The van der Waals surface area contributed by atoms with Crippen LogP contribution in [0.15, 0.2) is 81.6 Å². The zero-order valence-corrected chi connectivity index (χ0v) is 16.1. The Kier molecular flexibility index (Phi) is 6.00. The van der Waals surface area contributed by atoms with Crippen LogP contribution >= 0.6 is 27.7 Å². The van der Waals surface area contributed by atoms with E-state index in [-0.39, 0.29) is 6.09 Å². The fourth-order valence-corrected chi connectivity index (χ4v) is 3.94. The number of halogens is 1. The molecule has 0 aromatic heterocycles. The number of thioether (sulfide) groups is 1. The lowest BCUT2D eigenvalue weighted by Gasteiger charge is -2.21. The average Bonchev–Trinajstić information content (AvgIpc) is 3.06. The van der Waals surface area contributed by atoms with Crippen molar-refractivity contribution in [1.82, 2.24) is 4.90 Å². The summed E-state index contributed by atoms with van der Waals surface area (Å²) in [5, 5.41) is 0.899. The second-order valence-electron chi connectivity index (χ2n) is 5.46. The van der Waals surface area contributed by atoms with E-state index in [2.05, 4.69) is 34.6 Å². The number of ether oxygens (including phenoxy) is 1. The van der Waals surface area contributed by atoms with Gasteiger partial charge >= 0.3 is 6.09 Å². The second-order valence-corrected chi connectivity index (χ2v) is 7.44. The van der Waals surface area contributed by atoms with Crippen molar-refractivity contribution in [3.63, 3.8) is 0 Å². The van der Waals surface area contributed by atoms with Crippen molar-refractivity contribution < 1.29 is 9.53 Å². The smallest absolute Gasteiger partial charge is 0.414 e. The van der Waals surface area contributed by atoms with Crippen LogP contribution in [0.3, 0.4) is 0 Å². The van der Waals surface area contributed by atoms with E-state index in [1.807, 2.05) is 48.5 Å². The number of rotatable bonds is 6. The summed E-state index contributed by atoms with van der Waals surface area (Å²) >= 11 is 5.04. The molecule has 1 saturated heterocycles. The van der Waals surface area contributed by atoms with Gasteiger partial charge in [0, 0.05) is 9.37 Å². The highest BCUT2D eigenvalue weighted by Gasteiger charge is 2.28. The lowest BCUT2D eigenvalue weighted by atomic mass is 10.0. The maximum Gasteiger partial charge on any atom is 0.414 e. The molecule has 0 saturated carbocycles. The first kappa shape index (κ1) is 17.8. The SMILES string of the molecule is C=CC/C(=C(\Sc1ccc(Br)cc1)N1CCOC1=O)c1ccccc1. The summed E-state index contributed by atoms with van der Waals surface area (Å²) in [6, 6.07) is 18.2. The largest absolute Gasteiger partial charge is 0.447 e. The molecule has 25 heavy (non-hydrogen) atoms. The van der Waals surface area contributed by atoms with Crippen LogP contribution < -0.4 is 0 Å². The van der Waals surface area contributed by atoms with Crippen molar-refractivity contribution in [3.05, 3.63) is 82.3 Å². The molecule has 0 unspecified atom stereocenters. The van der Waals surface area contributed by atoms with Gasteiger partial charge in [0.05, 0.1) is 11.6 Å². The lowest BCUT2D eigenvalue weighted by Crippen LogP contribution is -2.23. The average molecular weight is 416 g/mol. The first-order chi connectivity index (χ1) is 12.2. The Morgan fingerprint density at radius 1 is 1.20 bits per heavy atom. The minimum Gasteiger partial charge on any atom is -0.447 e. The van der Waals surface area contributed by atoms with Crippen molar-refractivity contribution in [2.24, 2.45) is 0 Å². The highest BCUT2D eigenvalue weighted by atomic mass is 79.9. The predicted molar refractivity (Wildman–Crippen MR) is 106 cm³/mol. The standard InChI is InChI=1S/C20H18BrNO2S/c1-2-6-18(15-7-4-3-5-8-15)19(22-13-14-24-20(22)23)25-17-11-9-16(21)10-12-17/h2-5,7-12H,1,6,13-14H2/b19-18+. The molecule has 1 aliphatic rings. The molecule has 3 rings (SSSR count). The molecule has 5 heteroatoms. The topological polar surface area (TPSA) is 29.5 Å². The second kappa shape index (κ2) is 8.41. The minimum absolute atomic E-state index is 0.294. The van der Waals surface area contributed by atoms with Gasteiger partial charge in [0.15, 0.2) is 0 Å². The van der Waals surface area contributed by atoms with Crippen LogP contribution in [0.4, 0.5) is 4.79 Å². The van der Waals surface area contributed by atoms with E-state index < -0.39 is 0 Å². The summed E-state index contributed by atoms with van der Waals surface area (Å²) in [5.74, 6) is 0. The molecule has 1 heterocycles.